The van der Waals surface area contributed by atoms with Crippen LogP contribution in [-0.2, 0) is 9.59 Å². The quantitative estimate of drug-likeness (QED) is 0.633. The van der Waals surface area contributed by atoms with E-state index in [9.17, 15) is 9.59 Å². The third-order valence-electron chi connectivity index (χ3n) is 2.87. The molecule has 2 aromatic rings. The molecule has 0 aliphatic carbocycles. The third-order valence-corrected chi connectivity index (χ3v) is 3.44. The standard InChI is InChI=1S/C15H11Cl2NO2/c1-10-12(16)8-5-9-13(10)18(15(20)14(17)19)11-6-3-2-4-7-11/h2-9H,1H3. The highest BCUT2D eigenvalue weighted by Crippen LogP contribution is 2.32. The van der Waals surface area contributed by atoms with Gasteiger partial charge in [-0.25, -0.2) is 0 Å². The minimum Gasteiger partial charge on any atom is -0.273 e. The van der Waals surface area contributed by atoms with E-state index in [2.05, 4.69) is 0 Å². The number of carbonyl (C=O) groups is 2. The molecule has 102 valence electrons. The number of nitrogens with zero attached hydrogens (tertiary/aromatic N) is 1. The number of amides is 1. The van der Waals surface area contributed by atoms with Crippen LogP contribution in [0.25, 0.3) is 0 Å². The number of para-hydroxylation sites is 1. The van der Waals surface area contributed by atoms with Crippen LogP contribution in [0.4, 0.5) is 11.4 Å². The van der Waals surface area contributed by atoms with Crippen molar-refractivity contribution >= 4 is 45.7 Å². The summed E-state index contributed by atoms with van der Waals surface area (Å²) in [5.74, 6) is -0.816. The van der Waals surface area contributed by atoms with Gasteiger partial charge >= 0.3 is 11.1 Å². The Hall–Kier alpha value is -1.84. The zero-order chi connectivity index (χ0) is 14.7. The van der Waals surface area contributed by atoms with E-state index < -0.39 is 11.1 Å². The molecule has 0 unspecified atom stereocenters. The zero-order valence-corrected chi connectivity index (χ0v) is 12.2. The summed E-state index contributed by atoms with van der Waals surface area (Å²) < 4.78 is 0. The summed E-state index contributed by atoms with van der Waals surface area (Å²) in [7, 11) is 0. The lowest BCUT2D eigenvalue weighted by Crippen LogP contribution is -2.30. The lowest BCUT2D eigenvalue weighted by atomic mass is 10.1. The Bertz CT molecular complexity index is 656. The van der Waals surface area contributed by atoms with Crippen molar-refractivity contribution in [2.24, 2.45) is 0 Å². The van der Waals surface area contributed by atoms with Crippen molar-refractivity contribution in [1.82, 2.24) is 0 Å². The summed E-state index contributed by atoms with van der Waals surface area (Å²) in [4.78, 5) is 24.6. The molecule has 0 atom stereocenters. The smallest absolute Gasteiger partial charge is 0.273 e. The summed E-state index contributed by atoms with van der Waals surface area (Å²) in [6.45, 7) is 1.78. The van der Waals surface area contributed by atoms with E-state index in [0.29, 0.717) is 22.0 Å². The van der Waals surface area contributed by atoms with Crippen LogP contribution in [0, 0.1) is 6.92 Å². The van der Waals surface area contributed by atoms with Crippen molar-refractivity contribution in [2.75, 3.05) is 4.90 Å². The maximum atomic E-state index is 12.1. The molecular formula is C15H11Cl2NO2. The molecule has 20 heavy (non-hydrogen) atoms. The van der Waals surface area contributed by atoms with Crippen LogP contribution in [0.1, 0.15) is 5.56 Å². The highest BCUT2D eigenvalue weighted by Gasteiger charge is 2.25. The Morgan fingerprint density at radius 2 is 1.65 bits per heavy atom. The van der Waals surface area contributed by atoms with Crippen molar-refractivity contribution in [1.29, 1.82) is 0 Å². The molecule has 0 bridgehead atoms. The van der Waals surface area contributed by atoms with Crippen molar-refractivity contribution < 1.29 is 9.59 Å². The second kappa shape index (κ2) is 6.07. The first-order valence-corrected chi connectivity index (χ1v) is 6.62. The number of hydrogen-bond donors (Lipinski definition) is 0. The second-order valence-corrected chi connectivity index (χ2v) is 4.88. The Morgan fingerprint density at radius 3 is 2.25 bits per heavy atom. The normalized spacial score (nSPS) is 10.2. The van der Waals surface area contributed by atoms with Gasteiger partial charge in [0.1, 0.15) is 0 Å². The van der Waals surface area contributed by atoms with Crippen LogP contribution < -0.4 is 4.90 Å². The maximum Gasteiger partial charge on any atom is 0.315 e. The Balaban J connectivity index is 2.61. The highest BCUT2D eigenvalue weighted by molar-refractivity contribution is 6.82. The van der Waals surface area contributed by atoms with E-state index >= 15 is 0 Å². The van der Waals surface area contributed by atoms with Gasteiger partial charge in [0.2, 0.25) is 0 Å². The predicted molar refractivity (Wildman–Crippen MR) is 80.6 cm³/mol. The van der Waals surface area contributed by atoms with Crippen molar-refractivity contribution in [3.8, 4) is 0 Å². The largest absolute Gasteiger partial charge is 0.315 e. The lowest BCUT2D eigenvalue weighted by Gasteiger charge is -2.23. The van der Waals surface area contributed by atoms with Crippen molar-refractivity contribution in [3.63, 3.8) is 0 Å². The topological polar surface area (TPSA) is 37.4 Å². The molecular weight excluding hydrogens is 297 g/mol. The molecule has 2 aromatic carbocycles. The average Bonchev–Trinajstić information content (AvgIpc) is 2.44. The summed E-state index contributed by atoms with van der Waals surface area (Å²) in [6, 6.07) is 14.0. The fourth-order valence-electron chi connectivity index (χ4n) is 1.87. The maximum absolute atomic E-state index is 12.1. The van der Waals surface area contributed by atoms with Gasteiger partial charge in [0.05, 0.1) is 5.69 Å². The first-order chi connectivity index (χ1) is 9.52. The summed E-state index contributed by atoms with van der Waals surface area (Å²) in [5.41, 5.74) is 1.78. The SMILES string of the molecule is Cc1c(Cl)cccc1N(C(=O)C(=O)Cl)c1ccccc1. The van der Waals surface area contributed by atoms with Gasteiger partial charge in [-0.05, 0) is 48.4 Å². The van der Waals surface area contributed by atoms with Crippen LogP contribution in [-0.4, -0.2) is 11.1 Å². The van der Waals surface area contributed by atoms with Gasteiger partial charge in [-0.2, -0.15) is 0 Å². The monoisotopic (exact) mass is 307 g/mol. The highest BCUT2D eigenvalue weighted by atomic mass is 35.5. The Labute approximate surface area is 126 Å². The van der Waals surface area contributed by atoms with Gasteiger partial charge in [0.25, 0.3) is 0 Å². The van der Waals surface area contributed by atoms with Crippen LogP contribution in [0.5, 0.6) is 0 Å². The summed E-state index contributed by atoms with van der Waals surface area (Å²) >= 11 is 11.4. The first kappa shape index (κ1) is 14.6. The van der Waals surface area contributed by atoms with Crippen LogP contribution in [0.15, 0.2) is 48.5 Å². The molecule has 5 heteroatoms. The van der Waals surface area contributed by atoms with Crippen molar-refractivity contribution in [3.05, 3.63) is 59.1 Å². The number of benzene rings is 2. The van der Waals surface area contributed by atoms with E-state index in [1.165, 1.54) is 4.90 Å². The van der Waals surface area contributed by atoms with Crippen LogP contribution in [0.2, 0.25) is 5.02 Å². The van der Waals surface area contributed by atoms with Gasteiger partial charge in [-0.1, -0.05) is 35.9 Å². The third kappa shape index (κ3) is 2.84. The minimum atomic E-state index is -1.05. The number of carbonyl (C=O) groups excluding carboxylic acids is 2. The van der Waals surface area contributed by atoms with Gasteiger partial charge < -0.3 is 0 Å². The molecule has 0 aromatic heterocycles. The van der Waals surface area contributed by atoms with Crippen molar-refractivity contribution in [2.45, 2.75) is 6.92 Å². The molecule has 3 nitrogen and oxygen atoms in total. The van der Waals surface area contributed by atoms with Gasteiger partial charge in [0, 0.05) is 10.7 Å². The fraction of sp³-hybridized carbons (Fsp3) is 0.0667. The molecule has 0 saturated carbocycles. The molecule has 0 saturated heterocycles. The number of halogens is 2. The van der Waals surface area contributed by atoms with Gasteiger partial charge in [-0.3, -0.25) is 14.5 Å². The van der Waals surface area contributed by atoms with Crippen LogP contribution >= 0.6 is 23.2 Å². The molecule has 0 heterocycles. The summed E-state index contributed by atoms with van der Waals surface area (Å²) in [6.07, 6.45) is 0. The Kier molecular flexibility index (Phi) is 4.42. The van der Waals surface area contributed by atoms with E-state index in [1.807, 2.05) is 6.07 Å². The lowest BCUT2D eigenvalue weighted by molar-refractivity contribution is -0.131. The molecule has 2 rings (SSSR count). The molecule has 0 aliphatic heterocycles. The fourth-order valence-corrected chi connectivity index (χ4v) is 2.12. The number of anilines is 2. The molecule has 1 amide bonds. The zero-order valence-electron chi connectivity index (χ0n) is 10.6. The first-order valence-electron chi connectivity index (χ1n) is 5.86. The molecule has 0 spiro atoms. The molecule has 0 aliphatic rings. The van der Waals surface area contributed by atoms with Gasteiger partial charge in [-0.15, -0.1) is 0 Å². The second-order valence-electron chi connectivity index (χ2n) is 4.13. The number of hydrogen-bond acceptors (Lipinski definition) is 2. The predicted octanol–water partition coefficient (Wildman–Crippen LogP) is 4.08. The summed E-state index contributed by atoms with van der Waals surface area (Å²) in [5, 5.41) is -0.536. The Morgan fingerprint density at radius 1 is 1.00 bits per heavy atom. The minimum absolute atomic E-state index is 0.512. The van der Waals surface area contributed by atoms with Crippen LogP contribution in [0.3, 0.4) is 0 Å². The van der Waals surface area contributed by atoms with E-state index in [-0.39, 0.29) is 0 Å². The molecule has 0 fully saturated rings. The van der Waals surface area contributed by atoms with E-state index in [4.69, 9.17) is 23.2 Å². The number of rotatable bonds is 3. The van der Waals surface area contributed by atoms with E-state index in [0.717, 1.165) is 0 Å². The average molecular weight is 308 g/mol. The van der Waals surface area contributed by atoms with Gasteiger partial charge in [0.15, 0.2) is 0 Å². The molecule has 0 radical (unpaired) electrons. The molecule has 0 N–H and O–H groups in total. The van der Waals surface area contributed by atoms with E-state index in [1.54, 1.807) is 49.4 Å².